The van der Waals surface area contributed by atoms with Crippen molar-refractivity contribution in [1.29, 1.82) is 0 Å². The van der Waals surface area contributed by atoms with Gasteiger partial charge in [0.25, 0.3) is 0 Å². The van der Waals surface area contributed by atoms with Crippen LogP contribution in [0, 0.1) is 5.92 Å². The van der Waals surface area contributed by atoms with Gasteiger partial charge in [0.2, 0.25) is 0 Å². The number of hydrogen-bond donors (Lipinski definition) is 0. The van der Waals surface area contributed by atoms with Gasteiger partial charge in [0.15, 0.2) is 6.61 Å². The van der Waals surface area contributed by atoms with Crippen molar-refractivity contribution in [3.63, 3.8) is 0 Å². The minimum atomic E-state index is -0.479. The molecular weight excluding hydrogens is 396 g/mol. The van der Waals surface area contributed by atoms with Crippen molar-refractivity contribution in [3.8, 4) is 17.2 Å². The monoisotopic (exact) mass is 428 g/mol. The van der Waals surface area contributed by atoms with Crippen LogP contribution in [0.25, 0.3) is 0 Å². The molecule has 0 saturated heterocycles. The van der Waals surface area contributed by atoms with E-state index in [1.54, 1.807) is 14.2 Å². The van der Waals surface area contributed by atoms with E-state index >= 15 is 0 Å². The van der Waals surface area contributed by atoms with Gasteiger partial charge >= 0.3 is 5.97 Å². The molecule has 0 amide bonds. The largest absolute Gasteiger partial charge is 0.497 e. The van der Waals surface area contributed by atoms with E-state index in [4.69, 9.17) is 18.9 Å². The summed E-state index contributed by atoms with van der Waals surface area (Å²) in [6.07, 6.45) is 2.14. The molecule has 168 valence electrons. The first kappa shape index (κ1) is 24.3. The summed E-state index contributed by atoms with van der Waals surface area (Å²) in [4.78, 5) is 24.5. The normalized spacial score (nSPS) is 10.6. The number of carbonyl (C=O) groups is 2. The molecule has 0 radical (unpaired) electrons. The van der Waals surface area contributed by atoms with Crippen LogP contribution in [-0.4, -0.2) is 39.7 Å². The van der Waals surface area contributed by atoms with Crippen LogP contribution in [0.4, 0.5) is 0 Å². The highest BCUT2D eigenvalue weighted by atomic mass is 16.6. The molecule has 0 fully saturated rings. The van der Waals surface area contributed by atoms with Crippen molar-refractivity contribution in [2.75, 3.05) is 27.9 Å². The topological polar surface area (TPSA) is 71.1 Å². The lowest BCUT2D eigenvalue weighted by Crippen LogP contribution is -2.16. The summed E-state index contributed by atoms with van der Waals surface area (Å²) in [5, 5.41) is 0. The van der Waals surface area contributed by atoms with Crippen molar-refractivity contribution in [2.45, 2.75) is 39.5 Å². The Labute approximate surface area is 184 Å². The molecule has 0 heterocycles. The van der Waals surface area contributed by atoms with Crippen LogP contribution >= 0.6 is 0 Å². The van der Waals surface area contributed by atoms with Crippen LogP contribution in [0.3, 0.4) is 0 Å². The standard InChI is InChI=1S/C25H32O6/c1-17(2)6-12-22-23(29-4)13-9-19(25(22)31-16-24(27)30-5)15-20(26)14-18-7-10-21(28-3)11-8-18/h7-11,13,17H,6,12,14-16H2,1-5H3. The third-order valence-corrected chi connectivity index (χ3v) is 5.00. The number of esters is 1. The molecule has 2 aromatic rings. The van der Waals surface area contributed by atoms with Crippen molar-refractivity contribution in [1.82, 2.24) is 0 Å². The maximum absolute atomic E-state index is 12.8. The quantitative estimate of drug-likeness (QED) is 0.472. The van der Waals surface area contributed by atoms with Crippen LogP contribution in [-0.2, 0) is 33.6 Å². The Kier molecular flexibility index (Phi) is 9.38. The van der Waals surface area contributed by atoms with Gasteiger partial charge in [-0.05, 0) is 42.5 Å². The van der Waals surface area contributed by atoms with Gasteiger partial charge in [-0.3, -0.25) is 4.79 Å². The predicted molar refractivity (Wildman–Crippen MR) is 119 cm³/mol. The van der Waals surface area contributed by atoms with Gasteiger partial charge in [-0.15, -0.1) is 0 Å². The summed E-state index contributed by atoms with van der Waals surface area (Å²) >= 11 is 0. The summed E-state index contributed by atoms with van der Waals surface area (Å²) in [6, 6.07) is 11.1. The molecule has 2 rings (SSSR count). The fraction of sp³-hybridized carbons (Fsp3) is 0.440. The number of Topliss-reactive ketones (excluding diaryl/α,β-unsaturated/α-hetero) is 1. The number of carbonyl (C=O) groups excluding carboxylic acids is 2. The number of ether oxygens (including phenoxy) is 4. The third-order valence-electron chi connectivity index (χ3n) is 5.00. The number of rotatable bonds is 12. The Morgan fingerprint density at radius 3 is 2.19 bits per heavy atom. The fourth-order valence-corrected chi connectivity index (χ4v) is 3.27. The first-order chi connectivity index (χ1) is 14.9. The molecule has 0 aliphatic heterocycles. The van der Waals surface area contributed by atoms with Crippen molar-refractivity contribution >= 4 is 11.8 Å². The SMILES string of the molecule is COC(=O)COc1c(CC(=O)Cc2ccc(OC)cc2)ccc(OC)c1CCC(C)C. The Morgan fingerprint density at radius 1 is 0.903 bits per heavy atom. The van der Waals surface area contributed by atoms with E-state index in [0.29, 0.717) is 23.8 Å². The molecule has 0 aliphatic rings. The minimum Gasteiger partial charge on any atom is -0.497 e. The van der Waals surface area contributed by atoms with E-state index in [1.807, 2.05) is 36.4 Å². The Balaban J connectivity index is 2.28. The third kappa shape index (κ3) is 7.31. The van der Waals surface area contributed by atoms with Crippen molar-refractivity contribution < 1.29 is 28.5 Å². The average Bonchev–Trinajstić information content (AvgIpc) is 2.76. The van der Waals surface area contributed by atoms with E-state index in [2.05, 4.69) is 13.8 Å². The summed E-state index contributed by atoms with van der Waals surface area (Å²) in [5.74, 6) is 2.03. The molecular formula is C25H32O6. The minimum absolute atomic E-state index is 0.0491. The lowest BCUT2D eigenvalue weighted by atomic mass is 9.95. The van der Waals surface area contributed by atoms with Gasteiger partial charge < -0.3 is 18.9 Å². The first-order valence-corrected chi connectivity index (χ1v) is 10.4. The van der Waals surface area contributed by atoms with Crippen LogP contribution in [0.5, 0.6) is 17.2 Å². The molecule has 0 unspecified atom stereocenters. The summed E-state index contributed by atoms with van der Waals surface area (Å²) in [7, 11) is 4.53. The molecule has 0 saturated carbocycles. The molecule has 0 atom stereocenters. The summed E-state index contributed by atoms with van der Waals surface area (Å²) in [5.41, 5.74) is 2.52. The molecule has 0 spiro atoms. The van der Waals surface area contributed by atoms with Crippen LogP contribution in [0.2, 0.25) is 0 Å². The highest BCUT2D eigenvalue weighted by Gasteiger charge is 2.19. The molecule has 6 nitrogen and oxygen atoms in total. The second-order valence-electron chi connectivity index (χ2n) is 7.77. The highest BCUT2D eigenvalue weighted by Crippen LogP contribution is 2.35. The maximum atomic E-state index is 12.8. The second-order valence-corrected chi connectivity index (χ2v) is 7.77. The zero-order chi connectivity index (χ0) is 22.8. The van der Waals surface area contributed by atoms with Crippen molar-refractivity contribution in [3.05, 3.63) is 53.1 Å². The number of benzene rings is 2. The molecule has 0 N–H and O–H groups in total. The van der Waals surface area contributed by atoms with Crippen LogP contribution < -0.4 is 14.2 Å². The van der Waals surface area contributed by atoms with E-state index in [1.165, 1.54) is 7.11 Å². The lowest BCUT2D eigenvalue weighted by Gasteiger charge is -2.19. The van der Waals surface area contributed by atoms with Gasteiger partial charge in [0, 0.05) is 24.0 Å². The summed E-state index contributed by atoms with van der Waals surface area (Å²) in [6.45, 7) is 4.06. The Bertz CT molecular complexity index is 870. The zero-order valence-electron chi connectivity index (χ0n) is 19.0. The van der Waals surface area contributed by atoms with E-state index in [0.717, 1.165) is 35.3 Å². The number of ketones is 1. The molecule has 0 aromatic heterocycles. The molecule has 6 heteroatoms. The van der Waals surface area contributed by atoms with Crippen molar-refractivity contribution in [2.24, 2.45) is 5.92 Å². The van der Waals surface area contributed by atoms with Gasteiger partial charge in [-0.2, -0.15) is 0 Å². The molecule has 0 aliphatic carbocycles. The Morgan fingerprint density at radius 2 is 1.61 bits per heavy atom. The fourth-order valence-electron chi connectivity index (χ4n) is 3.27. The molecule has 2 aromatic carbocycles. The second kappa shape index (κ2) is 12.0. The zero-order valence-corrected chi connectivity index (χ0v) is 19.0. The van der Waals surface area contributed by atoms with Gasteiger partial charge in [-0.1, -0.05) is 32.0 Å². The molecule has 0 bridgehead atoms. The van der Waals surface area contributed by atoms with Gasteiger partial charge in [0.1, 0.15) is 23.0 Å². The van der Waals surface area contributed by atoms with E-state index in [-0.39, 0.29) is 18.8 Å². The molecule has 31 heavy (non-hydrogen) atoms. The van der Waals surface area contributed by atoms with Crippen LogP contribution in [0.1, 0.15) is 37.0 Å². The van der Waals surface area contributed by atoms with Gasteiger partial charge in [0.05, 0.1) is 21.3 Å². The van der Waals surface area contributed by atoms with E-state index in [9.17, 15) is 9.59 Å². The first-order valence-electron chi connectivity index (χ1n) is 10.4. The maximum Gasteiger partial charge on any atom is 0.343 e. The van der Waals surface area contributed by atoms with Gasteiger partial charge in [-0.25, -0.2) is 4.79 Å². The lowest BCUT2D eigenvalue weighted by molar-refractivity contribution is -0.142. The summed E-state index contributed by atoms with van der Waals surface area (Å²) < 4.78 is 21.3. The van der Waals surface area contributed by atoms with Crippen LogP contribution in [0.15, 0.2) is 36.4 Å². The highest BCUT2D eigenvalue weighted by molar-refractivity contribution is 5.84. The average molecular weight is 429 g/mol. The number of hydrogen-bond acceptors (Lipinski definition) is 6. The number of methoxy groups -OCH3 is 3. The Hall–Kier alpha value is -3.02. The predicted octanol–water partition coefficient (Wildman–Crippen LogP) is 4.20. The van der Waals surface area contributed by atoms with E-state index < -0.39 is 5.97 Å². The smallest absolute Gasteiger partial charge is 0.343 e.